The number of hydrogen-bond acceptors (Lipinski definition) is 4. The molecule has 7 heteroatoms. The van der Waals surface area contributed by atoms with Crippen LogP contribution in [0.5, 0.6) is 11.5 Å². The van der Waals surface area contributed by atoms with Crippen molar-refractivity contribution in [1.29, 1.82) is 0 Å². The lowest BCUT2D eigenvalue weighted by Crippen LogP contribution is -2.41. The van der Waals surface area contributed by atoms with Gasteiger partial charge in [-0.1, -0.05) is 24.3 Å². The van der Waals surface area contributed by atoms with Gasteiger partial charge in [-0.15, -0.1) is 0 Å². The molecule has 0 bridgehead atoms. The van der Waals surface area contributed by atoms with E-state index in [0.29, 0.717) is 24.5 Å². The lowest BCUT2D eigenvalue weighted by molar-refractivity contribution is 0.0844. The van der Waals surface area contributed by atoms with Crippen molar-refractivity contribution >= 4 is 11.8 Å². The highest BCUT2D eigenvalue weighted by Gasteiger charge is 2.12. The molecule has 0 aromatic heterocycles. The van der Waals surface area contributed by atoms with Crippen LogP contribution in [0, 0.1) is 5.82 Å². The van der Waals surface area contributed by atoms with Crippen molar-refractivity contribution in [2.24, 2.45) is 0 Å². The Morgan fingerprint density at radius 1 is 0.800 bits per heavy atom. The number of benzene rings is 3. The molecule has 0 aliphatic heterocycles. The zero-order chi connectivity index (χ0) is 21.3. The molecule has 0 radical (unpaired) electrons. The first-order chi connectivity index (χ1) is 14.6. The zero-order valence-electron chi connectivity index (χ0n) is 16.4. The van der Waals surface area contributed by atoms with Gasteiger partial charge < -0.3 is 9.47 Å². The Kier molecular flexibility index (Phi) is 7.00. The van der Waals surface area contributed by atoms with E-state index < -0.39 is 17.6 Å². The number of halogens is 1. The van der Waals surface area contributed by atoms with Gasteiger partial charge in [0.15, 0.2) is 0 Å². The summed E-state index contributed by atoms with van der Waals surface area (Å²) in [4.78, 5) is 24.1. The molecule has 0 aliphatic rings. The summed E-state index contributed by atoms with van der Waals surface area (Å²) >= 11 is 0. The molecule has 154 valence electrons. The fraction of sp³-hybridized carbons (Fsp3) is 0.130. The third-order valence-corrected chi connectivity index (χ3v) is 4.16. The molecule has 30 heavy (non-hydrogen) atoms. The number of rotatable bonds is 7. The molecule has 3 aromatic rings. The summed E-state index contributed by atoms with van der Waals surface area (Å²) in [6.45, 7) is 2.86. The number of hydrogen-bond donors (Lipinski definition) is 2. The number of carbonyl (C=O) groups excluding carboxylic acids is 2. The van der Waals surface area contributed by atoms with Gasteiger partial charge in [-0.05, 0) is 61.0 Å². The van der Waals surface area contributed by atoms with Crippen LogP contribution in [0.15, 0.2) is 72.8 Å². The van der Waals surface area contributed by atoms with Gasteiger partial charge in [0.2, 0.25) is 0 Å². The van der Waals surface area contributed by atoms with Crippen molar-refractivity contribution in [3.63, 3.8) is 0 Å². The van der Waals surface area contributed by atoms with Gasteiger partial charge in [0, 0.05) is 5.56 Å². The monoisotopic (exact) mass is 408 g/mol. The molecular weight excluding hydrogens is 387 g/mol. The maximum Gasteiger partial charge on any atom is 0.272 e. The highest BCUT2D eigenvalue weighted by Crippen LogP contribution is 2.18. The standard InChI is InChI=1S/C23H21FN2O4/c1-2-29-18-11-13-19(14-12-18)30-15-16-7-9-17(10-8-16)22(27)25-26-23(28)20-5-3-4-6-21(20)24/h3-14H,2,15H2,1H3,(H,25,27)(H,26,28). The second-order valence-electron chi connectivity index (χ2n) is 6.28. The van der Waals surface area contributed by atoms with E-state index in [1.165, 1.54) is 24.3 Å². The Morgan fingerprint density at radius 2 is 1.40 bits per heavy atom. The summed E-state index contributed by atoms with van der Waals surface area (Å²) in [7, 11) is 0. The topological polar surface area (TPSA) is 76.7 Å². The minimum absolute atomic E-state index is 0.153. The van der Waals surface area contributed by atoms with E-state index in [1.807, 2.05) is 31.2 Å². The van der Waals surface area contributed by atoms with E-state index in [0.717, 1.165) is 11.3 Å². The molecule has 0 saturated heterocycles. The lowest BCUT2D eigenvalue weighted by Gasteiger charge is -2.10. The van der Waals surface area contributed by atoms with Crippen LogP contribution in [0.25, 0.3) is 0 Å². The fourth-order valence-corrected chi connectivity index (χ4v) is 2.62. The van der Waals surface area contributed by atoms with E-state index in [1.54, 1.807) is 24.3 Å². The van der Waals surface area contributed by atoms with Crippen LogP contribution in [-0.2, 0) is 6.61 Å². The smallest absolute Gasteiger partial charge is 0.272 e. The molecule has 0 saturated carbocycles. The van der Waals surface area contributed by atoms with Gasteiger partial charge in [0.1, 0.15) is 23.9 Å². The first-order valence-electron chi connectivity index (χ1n) is 9.36. The predicted molar refractivity (Wildman–Crippen MR) is 110 cm³/mol. The van der Waals surface area contributed by atoms with Gasteiger partial charge in [0.25, 0.3) is 11.8 Å². The summed E-state index contributed by atoms with van der Waals surface area (Å²) < 4.78 is 24.7. The zero-order valence-corrected chi connectivity index (χ0v) is 16.4. The van der Waals surface area contributed by atoms with Gasteiger partial charge in [0.05, 0.1) is 12.2 Å². The highest BCUT2D eigenvalue weighted by molar-refractivity contribution is 5.99. The summed E-state index contributed by atoms with van der Waals surface area (Å²) in [6.07, 6.45) is 0. The number of carbonyl (C=O) groups is 2. The van der Waals surface area contributed by atoms with Crippen molar-refractivity contribution in [2.45, 2.75) is 13.5 Å². The third-order valence-electron chi connectivity index (χ3n) is 4.16. The summed E-state index contributed by atoms with van der Waals surface area (Å²) in [5, 5.41) is 0. The van der Waals surface area contributed by atoms with Crippen molar-refractivity contribution in [2.75, 3.05) is 6.61 Å². The van der Waals surface area contributed by atoms with Crippen molar-refractivity contribution in [3.8, 4) is 11.5 Å². The van der Waals surface area contributed by atoms with Crippen LogP contribution in [0.3, 0.4) is 0 Å². The SMILES string of the molecule is CCOc1ccc(OCc2ccc(C(=O)NNC(=O)c3ccccc3F)cc2)cc1. The minimum atomic E-state index is -0.734. The third kappa shape index (κ3) is 5.57. The second kappa shape index (κ2) is 10.1. The Balaban J connectivity index is 1.50. The van der Waals surface area contributed by atoms with Gasteiger partial charge in [-0.2, -0.15) is 0 Å². The second-order valence-corrected chi connectivity index (χ2v) is 6.28. The molecule has 6 nitrogen and oxygen atoms in total. The fourth-order valence-electron chi connectivity index (χ4n) is 2.62. The normalized spacial score (nSPS) is 10.2. The minimum Gasteiger partial charge on any atom is -0.494 e. The Labute approximate surface area is 173 Å². The van der Waals surface area contributed by atoms with Crippen LogP contribution in [-0.4, -0.2) is 18.4 Å². The Bertz CT molecular complexity index is 1000. The number of amides is 2. The molecule has 0 heterocycles. The van der Waals surface area contributed by atoms with Crippen molar-refractivity contribution < 1.29 is 23.5 Å². The largest absolute Gasteiger partial charge is 0.494 e. The average molecular weight is 408 g/mol. The van der Waals surface area contributed by atoms with E-state index in [9.17, 15) is 14.0 Å². The van der Waals surface area contributed by atoms with Crippen LogP contribution in [0.4, 0.5) is 4.39 Å². The molecule has 0 unspecified atom stereocenters. The number of hydrazine groups is 1. The van der Waals surface area contributed by atoms with Crippen LogP contribution in [0.1, 0.15) is 33.2 Å². The molecule has 0 fully saturated rings. The molecule has 2 amide bonds. The average Bonchev–Trinajstić information content (AvgIpc) is 2.77. The van der Waals surface area contributed by atoms with Gasteiger partial charge in [-0.3, -0.25) is 20.4 Å². The van der Waals surface area contributed by atoms with Crippen LogP contribution >= 0.6 is 0 Å². The summed E-state index contributed by atoms with van der Waals surface area (Å²) in [5.74, 6) is -0.430. The van der Waals surface area contributed by atoms with E-state index in [4.69, 9.17) is 9.47 Å². The van der Waals surface area contributed by atoms with Gasteiger partial charge in [-0.25, -0.2) is 4.39 Å². The molecular formula is C23H21FN2O4. The molecule has 3 aromatic carbocycles. The molecule has 3 rings (SSSR count). The predicted octanol–water partition coefficient (Wildman–Crippen LogP) is 3.88. The Hall–Kier alpha value is -3.87. The van der Waals surface area contributed by atoms with Gasteiger partial charge >= 0.3 is 0 Å². The highest BCUT2D eigenvalue weighted by atomic mass is 19.1. The van der Waals surface area contributed by atoms with Crippen molar-refractivity contribution in [1.82, 2.24) is 10.9 Å². The first-order valence-corrected chi connectivity index (χ1v) is 9.36. The maximum atomic E-state index is 13.6. The molecule has 0 aliphatic carbocycles. The number of ether oxygens (including phenoxy) is 2. The first kappa shape index (κ1) is 20.9. The van der Waals surface area contributed by atoms with Crippen LogP contribution in [0.2, 0.25) is 0 Å². The van der Waals surface area contributed by atoms with E-state index in [2.05, 4.69) is 10.9 Å². The van der Waals surface area contributed by atoms with E-state index >= 15 is 0 Å². The quantitative estimate of drug-likeness (QED) is 0.582. The summed E-state index contributed by atoms with van der Waals surface area (Å²) in [6, 6.07) is 19.6. The lowest BCUT2D eigenvalue weighted by atomic mass is 10.1. The molecule has 0 spiro atoms. The Morgan fingerprint density at radius 3 is 2.03 bits per heavy atom. The summed E-state index contributed by atoms with van der Waals surface area (Å²) in [5.41, 5.74) is 5.53. The number of nitrogens with one attached hydrogen (secondary N) is 2. The molecule has 2 N–H and O–H groups in total. The van der Waals surface area contributed by atoms with Crippen LogP contribution < -0.4 is 20.3 Å². The van der Waals surface area contributed by atoms with Crippen molar-refractivity contribution in [3.05, 3.63) is 95.3 Å². The van der Waals surface area contributed by atoms with E-state index in [-0.39, 0.29) is 5.56 Å². The molecule has 0 atom stereocenters. The maximum absolute atomic E-state index is 13.6.